The Labute approximate surface area is 199 Å². The van der Waals surface area contributed by atoms with Crippen LogP contribution in [-0.4, -0.2) is 34.1 Å². The molecule has 178 valence electrons. The van der Waals surface area contributed by atoms with Crippen LogP contribution in [0.2, 0.25) is 0 Å². The van der Waals surface area contributed by atoms with Crippen LogP contribution >= 0.6 is 0 Å². The topological polar surface area (TPSA) is 121 Å². The van der Waals surface area contributed by atoms with Crippen molar-refractivity contribution in [3.05, 3.63) is 53.9 Å². The molecule has 0 saturated heterocycles. The third kappa shape index (κ3) is 4.76. The first-order valence-electron chi connectivity index (χ1n) is 11.8. The molecule has 0 fully saturated rings. The van der Waals surface area contributed by atoms with E-state index < -0.39 is 0 Å². The lowest BCUT2D eigenvalue weighted by molar-refractivity contribution is 0.0952. The van der Waals surface area contributed by atoms with Gasteiger partial charge in [-0.15, -0.1) is 0 Å². The summed E-state index contributed by atoms with van der Waals surface area (Å²) in [5.74, 6) is 1.87. The van der Waals surface area contributed by atoms with Gasteiger partial charge in [-0.3, -0.25) is 4.79 Å². The van der Waals surface area contributed by atoms with E-state index in [1.807, 2.05) is 18.2 Å². The lowest BCUT2D eigenvalue weighted by atomic mass is 10.1. The monoisotopic (exact) mass is 460 g/mol. The second kappa shape index (κ2) is 10.4. The van der Waals surface area contributed by atoms with Crippen LogP contribution < -0.4 is 21.5 Å². The Kier molecular flexibility index (Phi) is 7.15. The molecule has 0 bridgehead atoms. The number of hydrogen-bond acceptors (Lipinski definition) is 6. The number of anilines is 2. The van der Waals surface area contributed by atoms with Crippen LogP contribution in [0.25, 0.3) is 21.9 Å². The van der Waals surface area contributed by atoms with Gasteiger partial charge in [-0.2, -0.15) is 0 Å². The molecule has 0 saturated carbocycles. The third-order valence-corrected chi connectivity index (χ3v) is 6.03. The molecule has 8 heteroatoms. The van der Waals surface area contributed by atoms with Crippen molar-refractivity contribution in [1.29, 1.82) is 0 Å². The van der Waals surface area contributed by atoms with E-state index in [1.54, 1.807) is 18.2 Å². The number of nitrogens with zero attached hydrogens (tertiary/aromatic N) is 3. The second-order valence-corrected chi connectivity index (χ2v) is 8.41. The Balaban J connectivity index is 1.47. The summed E-state index contributed by atoms with van der Waals surface area (Å²) in [5, 5.41) is 4.05. The van der Waals surface area contributed by atoms with Crippen molar-refractivity contribution in [2.24, 2.45) is 0 Å². The van der Waals surface area contributed by atoms with Crippen molar-refractivity contribution in [3.8, 4) is 5.75 Å². The molecule has 4 rings (SSSR count). The van der Waals surface area contributed by atoms with Gasteiger partial charge in [-0.25, -0.2) is 9.97 Å². The van der Waals surface area contributed by atoms with Gasteiger partial charge in [0.05, 0.1) is 23.8 Å². The highest BCUT2D eigenvalue weighted by molar-refractivity contribution is 6.06. The zero-order chi connectivity index (χ0) is 24.1. The van der Waals surface area contributed by atoms with Crippen LogP contribution in [0, 0.1) is 0 Å². The van der Waals surface area contributed by atoms with Crippen molar-refractivity contribution >= 4 is 39.3 Å². The number of nitrogen functional groups attached to an aromatic ring is 2. The van der Waals surface area contributed by atoms with Crippen LogP contribution in [0.5, 0.6) is 5.75 Å². The largest absolute Gasteiger partial charge is 0.495 e. The van der Waals surface area contributed by atoms with Gasteiger partial charge in [0.25, 0.3) is 5.91 Å². The maximum Gasteiger partial charge on any atom is 0.251 e. The van der Waals surface area contributed by atoms with Crippen LogP contribution in [-0.2, 0) is 13.0 Å². The molecule has 0 atom stereocenters. The number of hydrogen-bond donors (Lipinski definition) is 3. The zero-order valence-electron chi connectivity index (χ0n) is 19.8. The highest BCUT2D eigenvalue weighted by Crippen LogP contribution is 2.29. The van der Waals surface area contributed by atoms with E-state index in [2.05, 4.69) is 27.9 Å². The number of aromatic nitrogens is 3. The van der Waals surface area contributed by atoms with E-state index in [9.17, 15) is 4.79 Å². The molecule has 4 aromatic rings. The molecular formula is C26H32N6O2. The SMILES string of the molecule is CCCCc1nc2c(N)nc3ccccc3c2n1CCCCNC(=O)c1ccc(N)c(OC)c1. The van der Waals surface area contributed by atoms with Crippen LogP contribution in [0.1, 0.15) is 48.8 Å². The Morgan fingerprint density at radius 1 is 1.09 bits per heavy atom. The van der Waals surface area contributed by atoms with Crippen molar-refractivity contribution in [1.82, 2.24) is 19.9 Å². The molecule has 0 aliphatic carbocycles. The Morgan fingerprint density at radius 2 is 1.91 bits per heavy atom. The number of unbranched alkanes of at least 4 members (excludes halogenated alkanes) is 2. The zero-order valence-corrected chi connectivity index (χ0v) is 19.8. The normalized spacial score (nSPS) is 11.2. The predicted octanol–water partition coefficient (Wildman–Crippen LogP) is 4.31. The quantitative estimate of drug-likeness (QED) is 0.239. The van der Waals surface area contributed by atoms with Gasteiger partial charge in [0.1, 0.15) is 17.1 Å². The first-order valence-corrected chi connectivity index (χ1v) is 11.8. The van der Waals surface area contributed by atoms with E-state index in [-0.39, 0.29) is 5.91 Å². The van der Waals surface area contributed by atoms with Crippen LogP contribution in [0.15, 0.2) is 42.5 Å². The number of benzene rings is 2. The number of amides is 1. The summed E-state index contributed by atoms with van der Waals surface area (Å²) < 4.78 is 7.50. The molecule has 0 spiro atoms. The number of carbonyl (C=O) groups excluding carboxylic acids is 1. The molecule has 34 heavy (non-hydrogen) atoms. The number of nitrogens with two attached hydrogens (primary N) is 2. The molecule has 8 nitrogen and oxygen atoms in total. The molecule has 2 heterocycles. The first kappa shape index (κ1) is 23.4. The van der Waals surface area contributed by atoms with Crippen LogP contribution in [0.3, 0.4) is 0 Å². The van der Waals surface area contributed by atoms with E-state index >= 15 is 0 Å². The minimum Gasteiger partial charge on any atom is -0.495 e. The number of para-hydroxylation sites is 1. The van der Waals surface area contributed by atoms with E-state index in [1.165, 1.54) is 7.11 Å². The predicted molar refractivity (Wildman–Crippen MR) is 137 cm³/mol. The van der Waals surface area contributed by atoms with Gasteiger partial charge in [-0.1, -0.05) is 31.5 Å². The molecule has 0 radical (unpaired) electrons. The van der Waals surface area contributed by atoms with E-state index in [0.717, 1.165) is 66.4 Å². The van der Waals surface area contributed by atoms with Crippen molar-refractivity contribution in [2.75, 3.05) is 25.1 Å². The number of nitrogens with one attached hydrogen (secondary N) is 1. The summed E-state index contributed by atoms with van der Waals surface area (Å²) in [7, 11) is 1.54. The Morgan fingerprint density at radius 3 is 2.71 bits per heavy atom. The number of methoxy groups -OCH3 is 1. The van der Waals surface area contributed by atoms with Crippen LogP contribution in [0.4, 0.5) is 11.5 Å². The first-order chi connectivity index (χ1) is 16.5. The summed E-state index contributed by atoms with van der Waals surface area (Å²) in [6.45, 7) is 3.55. The molecule has 2 aromatic heterocycles. The number of fused-ring (bicyclic) bond motifs is 3. The molecule has 5 N–H and O–H groups in total. The minimum atomic E-state index is -0.139. The molecule has 1 amide bonds. The average Bonchev–Trinajstić information content (AvgIpc) is 3.22. The number of imidazole rings is 1. The minimum absolute atomic E-state index is 0.139. The average molecular weight is 461 g/mol. The fraction of sp³-hybridized carbons (Fsp3) is 0.346. The summed E-state index contributed by atoms with van der Waals surface area (Å²) in [4.78, 5) is 21.9. The molecule has 0 aliphatic rings. The van der Waals surface area contributed by atoms with Gasteiger partial charge in [0, 0.05) is 30.5 Å². The number of aryl methyl sites for hydroxylation is 2. The standard InChI is InChI=1S/C26H32N6O2/c1-3-4-11-22-31-23-24(18-9-5-6-10-20(18)30-25(23)28)32(22)15-8-7-14-29-26(33)17-12-13-19(27)21(16-17)34-2/h5-6,9-10,12-13,16H,3-4,7-8,11,14-15,27H2,1-2H3,(H2,28,30)(H,29,33). The highest BCUT2D eigenvalue weighted by Gasteiger charge is 2.17. The smallest absolute Gasteiger partial charge is 0.251 e. The third-order valence-electron chi connectivity index (χ3n) is 6.03. The van der Waals surface area contributed by atoms with Crippen molar-refractivity contribution in [3.63, 3.8) is 0 Å². The van der Waals surface area contributed by atoms with Gasteiger partial charge in [0.15, 0.2) is 5.82 Å². The number of pyridine rings is 1. The lowest BCUT2D eigenvalue weighted by Crippen LogP contribution is -2.24. The van der Waals surface area contributed by atoms with Gasteiger partial charge >= 0.3 is 0 Å². The summed E-state index contributed by atoms with van der Waals surface area (Å²) >= 11 is 0. The number of carbonyl (C=O) groups is 1. The fourth-order valence-corrected chi connectivity index (χ4v) is 4.22. The van der Waals surface area contributed by atoms with E-state index in [0.29, 0.717) is 29.4 Å². The highest BCUT2D eigenvalue weighted by atomic mass is 16.5. The Hall–Kier alpha value is -3.81. The molecule has 0 unspecified atom stereocenters. The van der Waals surface area contributed by atoms with Gasteiger partial charge < -0.3 is 26.1 Å². The van der Waals surface area contributed by atoms with E-state index in [4.69, 9.17) is 21.2 Å². The lowest BCUT2D eigenvalue weighted by Gasteiger charge is -2.12. The van der Waals surface area contributed by atoms with Gasteiger partial charge in [0.2, 0.25) is 0 Å². The second-order valence-electron chi connectivity index (χ2n) is 8.41. The maximum absolute atomic E-state index is 12.5. The summed E-state index contributed by atoms with van der Waals surface area (Å²) in [6, 6.07) is 13.1. The summed E-state index contributed by atoms with van der Waals surface area (Å²) in [5.41, 5.74) is 15.9. The van der Waals surface area contributed by atoms with Gasteiger partial charge in [-0.05, 0) is 43.5 Å². The molecule has 2 aromatic carbocycles. The Bertz CT molecular complexity index is 1310. The maximum atomic E-state index is 12.5. The summed E-state index contributed by atoms with van der Waals surface area (Å²) in [6.07, 6.45) is 4.79. The molecule has 0 aliphatic heterocycles. The number of rotatable bonds is 10. The van der Waals surface area contributed by atoms with Crippen molar-refractivity contribution in [2.45, 2.75) is 45.6 Å². The number of ether oxygens (including phenoxy) is 1. The fourth-order valence-electron chi connectivity index (χ4n) is 4.22. The molecular weight excluding hydrogens is 428 g/mol. The van der Waals surface area contributed by atoms with Crippen molar-refractivity contribution < 1.29 is 9.53 Å².